The molecule has 114 valence electrons. The van der Waals surface area contributed by atoms with Crippen molar-refractivity contribution in [3.8, 4) is 0 Å². The van der Waals surface area contributed by atoms with Crippen molar-refractivity contribution < 1.29 is 9.90 Å². The molecule has 0 aliphatic carbocycles. The van der Waals surface area contributed by atoms with Crippen molar-refractivity contribution in [2.75, 3.05) is 18.0 Å². The molecular weight excluding hydrogens is 274 g/mol. The lowest BCUT2D eigenvalue weighted by Gasteiger charge is -2.29. The van der Waals surface area contributed by atoms with Crippen molar-refractivity contribution in [3.05, 3.63) is 65.7 Å². The van der Waals surface area contributed by atoms with Gasteiger partial charge in [0.1, 0.15) is 5.92 Å². The van der Waals surface area contributed by atoms with Crippen LogP contribution in [0.5, 0.6) is 0 Å². The summed E-state index contributed by atoms with van der Waals surface area (Å²) in [5.74, 6) is -1.41. The maximum atomic E-state index is 11.7. The standard InChI is InChI=1S/C19H21NO2/c21-19(22)18(15-7-3-1-4-8-15)16-9-11-17(12-10-16)20-13-5-2-6-14-20/h1,3-4,7-12,18H,2,5-6,13-14H2,(H,21,22). The highest BCUT2D eigenvalue weighted by atomic mass is 16.4. The predicted molar refractivity (Wildman–Crippen MR) is 88.4 cm³/mol. The van der Waals surface area contributed by atoms with E-state index in [0.29, 0.717) is 0 Å². The van der Waals surface area contributed by atoms with E-state index in [0.717, 1.165) is 24.2 Å². The first-order chi connectivity index (χ1) is 10.8. The Morgan fingerprint density at radius 3 is 2.05 bits per heavy atom. The second-order valence-electron chi connectivity index (χ2n) is 5.82. The van der Waals surface area contributed by atoms with Crippen molar-refractivity contribution in [3.63, 3.8) is 0 Å². The number of nitrogens with zero attached hydrogens (tertiary/aromatic N) is 1. The lowest BCUT2D eigenvalue weighted by atomic mass is 9.91. The minimum absolute atomic E-state index is 0.600. The third kappa shape index (κ3) is 3.14. The molecule has 0 saturated carbocycles. The highest BCUT2D eigenvalue weighted by Crippen LogP contribution is 2.28. The van der Waals surface area contributed by atoms with Crippen LogP contribution in [0.3, 0.4) is 0 Å². The van der Waals surface area contributed by atoms with Crippen LogP contribution in [0, 0.1) is 0 Å². The molecular formula is C19H21NO2. The van der Waals surface area contributed by atoms with Crippen molar-refractivity contribution in [2.24, 2.45) is 0 Å². The Kier molecular flexibility index (Phi) is 4.42. The number of rotatable bonds is 4. The Morgan fingerprint density at radius 2 is 1.45 bits per heavy atom. The molecule has 2 aromatic carbocycles. The minimum Gasteiger partial charge on any atom is -0.481 e. The maximum absolute atomic E-state index is 11.7. The van der Waals surface area contributed by atoms with Crippen LogP contribution in [0.15, 0.2) is 54.6 Å². The maximum Gasteiger partial charge on any atom is 0.315 e. The molecule has 1 aliphatic heterocycles. The molecule has 3 heteroatoms. The fourth-order valence-corrected chi connectivity index (χ4v) is 3.15. The summed E-state index contributed by atoms with van der Waals surface area (Å²) in [5, 5.41) is 9.59. The van der Waals surface area contributed by atoms with Crippen LogP contribution in [0.4, 0.5) is 5.69 Å². The zero-order chi connectivity index (χ0) is 15.4. The van der Waals surface area contributed by atoms with Crippen LogP contribution in [0.1, 0.15) is 36.3 Å². The van der Waals surface area contributed by atoms with Crippen molar-refractivity contribution >= 4 is 11.7 Å². The van der Waals surface area contributed by atoms with Crippen LogP contribution in [-0.4, -0.2) is 24.2 Å². The van der Waals surface area contributed by atoms with E-state index in [2.05, 4.69) is 17.0 Å². The van der Waals surface area contributed by atoms with Crippen LogP contribution >= 0.6 is 0 Å². The molecule has 1 heterocycles. The van der Waals surface area contributed by atoms with E-state index in [1.807, 2.05) is 42.5 Å². The fourth-order valence-electron chi connectivity index (χ4n) is 3.15. The molecule has 0 radical (unpaired) electrons. The highest BCUT2D eigenvalue weighted by Gasteiger charge is 2.22. The summed E-state index contributed by atoms with van der Waals surface area (Å²) in [6, 6.07) is 17.4. The summed E-state index contributed by atoms with van der Waals surface area (Å²) < 4.78 is 0. The number of aliphatic carboxylic acids is 1. The van der Waals surface area contributed by atoms with Crippen molar-refractivity contribution in [1.82, 2.24) is 0 Å². The molecule has 2 aromatic rings. The van der Waals surface area contributed by atoms with Crippen LogP contribution in [0.25, 0.3) is 0 Å². The van der Waals surface area contributed by atoms with E-state index in [1.54, 1.807) is 0 Å². The zero-order valence-corrected chi connectivity index (χ0v) is 12.6. The van der Waals surface area contributed by atoms with E-state index < -0.39 is 11.9 Å². The molecule has 1 unspecified atom stereocenters. The Morgan fingerprint density at radius 1 is 0.864 bits per heavy atom. The van der Waals surface area contributed by atoms with Crippen LogP contribution < -0.4 is 4.90 Å². The molecule has 3 rings (SSSR count). The lowest BCUT2D eigenvalue weighted by Crippen LogP contribution is -2.29. The quantitative estimate of drug-likeness (QED) is 0.930. The number of carboxylic acid groups (broad SMARTS) is 1. The largest absolute Gasteiger partial charge is 0.481 e. The summed E-state index contributed by atoms with van der Waals surface area (Å²) >= 11 is 0. The Labute approximate surface area is 131 Å². The number of anilines is 1. The van der Waals surface area contributed by atoms with Gasteiger partial charge in [0, 0.05) is 18.8 Å². The van der Waals surface area contributed by atoms with Crippen molar-refractivity contribution in [2.45, 2.75) is 25.2 Å². The van der Waals surface area contributed by atoms with Gasteiger partial charge >= 0.3 is 5.97 Å². The van der Waals surface area contributed by atoms with Gasteiger partial charge in [0.15, 0.2) is 0 Å². The average molecular weight is 295 g/mol. The van der Waals surface area contributed by atoms with E-state index in [1.165, 1.54) is 24.9 Å². The molecule has 1 saturated heterocycles. The third-order valence-electron chi connectivity index (χ3n) is 4.33. The minimum atomic E-state index is -0.808. The van der Waals surface area contributed by atoms with Gasteiger partial charge < -0.3 is 10.0 Å². The van der Waals surface area contributed by atoms with Gasteiger partial charge in [-0.15, -0.1) is 0 Å². The molecule has 1 aliphatic rings. The van der Waals surface area contributed by atoms with Gasteiger partial charge in [-0.1, -0.05) is 42.5 Å². The van der Waals surface area contributed by atoms with E-state index in [-0.39, 0.29) is 0 Å². The van der Waals surface area contributed by atoms with E-state index in [9.17, 15) is 9.90 Å². The number of carboxylic acids is 1. The first-order valence-electron chi connectivity index (χ1n) is 7.88. The molecule has 1 fully saturated rings. The Balaban J connectivity index is 1.85. The molecule has 0 amide bonds. The van der Waals surface area contributed by atoms with Gasteiger partial charge in [-0.3, -0.25) is 4.79 Å². The lowest BCUT2D eigenvalue weighted by molar-refractivity contribution is -0.137. The number of piperidine rings is 1. The fraction of sp³-hybridized carbons (Fsp3) is 0.316. The van der Waals surface area contributed by atoms with Gasteiger partial charge in [0.2, 0.25) is 0 Å². The van der Waals surface area contributed by atoms with Crippen molar-refractivity contribution in [1.29, 1.82) is 0 Å². The number of hydrogen-bond acceptors (Lipinski definition) is 2. The zero-order valence-electron chi connectivity index (χ0n) is 12.6. The second kappa shape index (κ2) is 6.65. The van der Waals surface area contributed by atoms with E-state index in [4.69, 9.17) is 0 Å². The predicted octanol–water partition coefficient (Wildman–Crippen LogP) is 3.89. The number of carbonyl (C=O) groups is 1. The average Bonchev–Trinajstić information content (AvgIpc) is 2.57. The summed E-state index contributed by atoms with van der Waals surface area (Å²) in [4.78, 5) is 14.1. The normalized spacial score (nSPS) is 16.3. The molecule has 1 atom stereocenters. The molecule has 1 N–H and O–H groups in total. The highest BCUT2D eigenvalue weighted by molar-refractivity contribution is 5.80. The van der Waals surface area contributed by atoms with Crippen LogP contribution in [0.2, 0.25) is 0 Å². The Hall–Kier alpha value is -2.29. The van der Waals surface area contributed by atoms with E-state index >= 15 is 0 Å². The third-order valence-corrected chi connectivity index (χ3v) is 4.33. The molecule has 22 heavy (non-hydrogen) atoms. The van der Waals surface area contributed by atoms with Gasteiger partial charge in [0.25, 0.3) is 0 Å². The molecule has 0 bridgehead atoms. The number of hydrogen-bond donors (Lipinski definition) is 1. The molecule has 0 spiro atoms. The topological polar surface area (TPSA) is 40.5 Å². The summed E-state index contributed by atoms with van der Waals surface area (Å²) in [6.45, 7) is 2.20. The summed E-state index contributed by atoms with van der Waals surface area (Å²) in [5.41, 5.74) is 2.85. The monoisotopic (exact) mass is 295 g/mol. The van der Waals surface area contributed by atoms with Gasteiger partial charge in [-0.25, -0.2) is 0 Å². The van der Waals surface area contributed by atoms with Gasteiger partial charge in [-0.05, 0) is 42.5 Å². The molecule has 0 aromatic heterocycles. The van der Waals surface area contributed by atoms with Crippen LogP contribution in [-0.2, 0) is 4.79 Å². The number of benzene rings is 2. The first kappa shape index (κ1) is 14.6. The second-order valence-corrected chi connectivity index (χ2v) is 5.82. The summed E-state index contributed by atoms with van der Waals surface area (Å²) in [7, 11) is 0. The van der Waals surface area contributed by atoms with Gasteiger partial charge in [-0.2, -0.15) is 0 Å². The van der Waals surface area contributed by atoms with Gasteiger partial charge in [0.05, 0.1) is 0 Å². The SMILES string of the molecule is O=C(O)C(c1ccccc1)c1ccc(N2CCCCC2)cc1. The molecule has 3 nitrogen and oxygen atoms in total. The smallest absolute Gasteiger partial charge is 0.315 e. The summed E-state index contributed by atoms with van der Waals surface area (Å²) in [6.07, 6.45) is 3.79. The first-order valence-corrected chi connectivity index (χ1v) is 7.88. The Bertz CT molecular complexity index is 616.